The Morgan fingerprint density at radius 1 is 0.517 bits per heavy atom. The smallest absolute Gasteiger partial charge is 0.317 e. The molecule has 12 fully saturated rings. The van der Waals surface area contributed by atoms with Crippen molar-refractivity contribution in [1.82, 2.24) is 5.32 Å². The molecular formula is C76H121NO39. The first-order valence-electron chi connectivity index (χ1n) is 40.4. The van der Waals surface area contributed by atoms with E-state index in [-0.39, 0.29) is 31.6 Å². The van der Waals surface area contributed by atoms with Crippen molar-refractivity contribution in [3.8, 4) is 0 Å². The lowest BCUT2D eigenvalue weighted by Crippen LogP contribution is -2.70. The van der Waals surface area contributed by atoms with Crippen LogP contribution in [-0.2, 0) is 85.4 Å². The number of carbonyl (C=O) groups excluding carboxylic acids is 3. The molecule has 0 spiro atoms. The number of nitrogens with one attached hydrogen (secondary N) is 1. The zero-order chi connectivity index (χ0) is 84.3. The molecule has 13 rings (SSSR count). The quantitative estimate of drug-likeness (QED) is 0.0195. The molecule has 13 aliphatic rings. The minimum absolute atomic E-state index is 0.00294. The van der Waals surface area contributed by atoms with E-state index in [1.54, 1.807) is 6.92 Å². The number of amides is 1. The summed E-state index contributed by atoms with van der Waals surface area (Å²) in [5.41, 5.74) is -7.05. The first-order chi connectivity index (χ1) is 54.6. The van der Waals surface area contributed by atoms with Gasteiger partial charge in [0.1, 0.15) is 152 Å². The van der Waals surface area contributed by atoms with Crippen molar-refractivity contribution < 1.29 is 193 Å². The van der Waals surface area contributed by atoms with Gasteiger partial charge in [-0.05, 0) is 111 Å². The van der Waals surface area contributed by atoms with Crippen molar-refractivity contribution in [3.05, 3.63) is 11.6 Å². The van der Waals surface area contributed by atoms with E-state index >= 15 is 4.79 Å². The van der Waals surface area contributed by atoms with Gasteiger partial charge in [0.05, 0.1) is 88.7 Å². The Morgan fingerprint density at radius 2 is 1.09 bits per heavy atom. The van der Waals surface area contributed by atoms with E-state index in [4.69, 9.17) is 71.1 Å². The number of allylic oxidation sites excluding steroid dienone is 2. The Morgan fingerprint density at radius 3 is 1.74 bits per heavy atom. The highest BCUT2D eigenvalue weighted by Crippen LogP contribution is 2.76. The van der Waals surface area contributed by atoms with Gasteiger partial charge in [0, 0.05) is 6.42 Å². The molecule has 0 aromatic rings. The largest absolute Gasteiger partial charge is 0.432 e. The fourth-order valence-corrected chi connectivity index (χ4v) is 21.7. The molecular weight excluding hydrogens is 1550 g/mol. The van der Waals surface area contributed by atoms with Gasteiger partial charge in [-0.3, -0.25) is 9.59 Å². The molecule has 664 valence electrons. The molecule has 5 aliphatic carbocycles. The van der Waals surface area contributed by atoms with Crippen molar-refractivity contribution in [1.29, 1.82) is 0 Å². The lowest BCUT2D eigenvalue weighted by atomic mass is 9.33. The fourth-order valence-electron chi connectivity index (χ4n) is 21.7. The lowest BCUT2D eigenvalue weighted by molar-refractivity contribution is -0.384. The molecule has 0 aromatic heterocycles. The molecule has 0 bridgehead atoms. The fraction of sp³-hybridized carbons (Fsp3) is 0.934. The van der Waals surface area contributed by atoms with Gasteiger partial charge in [-0.1, -0.05) is 53.2 Å². The lowest BCUT2D eigenvalue weighted by Gasteiger charge is -2.71. The van der Waals surface area contributed by atoms with Gasteiger partial charge in [0.25, 0.3) is 0 Å². The SMILES string of the molecule is CC1O[C@@H](OC2C(O)[C@@H](NC(=O)CC[C@@H]3O[C@@H](CO)C(O)C3O)C(CO)O[C@H]2OC(=O)[C@]23CCC(C)(C)CC2C2=CCC4C5(C)CC[C@H](O[C@@H]6OC[C@@H](O)[C@H](O[C@@H]7OC[C@@H](O)[C@H](O)C7O)C6O[C@@H]6OC(CO)[C@H](O)[C@H](O)C6O)[C@](C)(C=O)[C@@H]5CC[C@]4(C)[C@]2(C)CC3O)C(O)C(O)[C@H]1O[C@@H]1OC[C@@H](O)C(O[C@@H]2OC[C@@](O)(CO)C2O)C1O. The third-order valence-corrected chi connectivity index (χ3v) is 28.9. The van der Waals surface area contributed by atoms with Gasteiger partial charge in [-0.25, -0.2) is 0 Å². The molecule has 22 N–H and O–H groups in total. The molecule has 8 heterocycles. The van der Waals surface area contributed by atoms with Crippen molar-refractivity contribution in [2.75, 3.05) is 52.9 Å². The summed E-state index contributed by atoms with van der Waals surface area (Å²) >= 11 is 0. The Kier molecular flexibility index (Phi) is 27.2. The van der Waals surface area contributed by atoms with Crippen LogP contribution in [0.2, 0.25) is 0 Å². The van der Waals surface area contributed by atoms with E-state index in [0.717, 1.165) is 11.9 Å². The number of aliphatic hydroxyl groups excluding tert-OH is 20. The van der Waals surface area contributed by atoms with Crippen LogP contribution in [0.25, 0.3) is 0 Å². The highest BCUT2D eigenvalue weighted by Gasteiger charge is 2.73. The molecule has 116 heavy (non-hydrogen) atoms. The average Bonchev–Trinajstić information content (AvgIpc) is 0.746. The predicted molar refractivity (Wildman–Crippen MR) is 380 cm³/mol. The van der Waals surface area contributed by atoms with Crippen LogP contribution < -0.4 is 5.32 Å². The second-order valence-corrected chi connectivity index (χ2v) is 36.3. The maximum absolute atomic E-state index is 16.2. The molecule has 0 aromatic carbocycles. The number of aliphatic hydroxyl groups is 21. The topological polar surface area (TPSA) is 627 Å². The number of carbonyl (C=O) groups is 3. The second-order valence-electron chi connectivity index (χ2n) is 36.3. The number of hydrogen-bond donors (Lipinski definition) is 22. The standard InChI is InChI=1S/C76H121NO39/c1-29-56(111-63-55(98)57(33(84)24-103-63)112-68-61(99)75(101,27-82)28-105-68)51(94)54(97)64(106-29)114-59-49(92)44(77-43(87)11-9-35-46(89)47(90)37(21-79)107-35)36(20-78)108-67(59)116-69(100)76-17-16-70(2,3)18-31(76)30-8-10-40-71(4)14-13-42(72(5,26-81)39(71)12-15-73(40,6)74(30,7)19-41(76)86)110-66-60(115-65-53(96)50(93)48(91)38(22-80)109-65)58(34(85)25-104-66)113-62-52(95)45(88)32(83)23-102-62/h8,26,29,31-42,44-68,78-80,82-86,88-99,101H,9-25,27-28H2,1-7H3,(H,77,87)/t29?,31?,32-,33-,34-,35+,36?,37+,38?,39-,40?,41?,42+,44+,45+,46?,47?,48+,49?,50+,51?,52?,53?,54?,55?,56+,57?,58+,59?,60?,61?,62+,63+,64+,65+,66+,67+,68+,71?,72-,73+,74-,75+,76-/m1/s1. The van der Waals surface area contributed by atoms with E-state index in [9.17, 15) is 117 Å². The van der Waals surface area contributed by atoms with Gasteiger partial charge in [0.15, 0.2) is 43.8 Å². The number of ether oxygens (including phenoxy) is 15. The van der Waals surface area contributed by atoms with Gasteiger partial charge in [-0.2, -0.15) is 0 Å². The van der Waals surface area contributed by atoms with Crippen LogP contribution in [0.5, 0.6) is 0 Å². The number of esters is 1. The Hall–Kier alpha value is -3.05. The summed E-state index contributed by atoms with van der Waals surface area (Å²) in [6.45, 7) is 8.16. The monoisotopic (exact) mass is 1670 g/mol. The van der Waals surface area contributed by atoms with Gasteiger partial charge < -0.3 is 188 Å². The summed E-state index contributed by atoms with van der Waals surface area (Å²) < 4.78 is 90.4. The third kappa shape index (κ3) is 16.0. The molecule has 40 heteroatoms. The van der Waals surface area contributed by atoms with Crippen molar-refractivity contribution in [3.63, 3.8) is 0 Å². The van der Waals surface area contributed by atoms with Crippen LogP contribution in [0.15, 0.2) is 11.6 Å². The van der Waals surface area contributed by atoms with Crippen LogP contribution >= 0.6 is 0 Å². The van der Waals surface area contributed by atoms with E-state index < -0.39 is 336 Å². The molecule has 4 saturated carbocycles. The first-order valence-corrected chi connectivity index (χ1v) is 40.4. The Bertz CT molecular complexity index is 3410. The molecule has 8 saturated heterocycles. The van der Waals surface area contributed by atoms with Crippen LogP contribution in [-0.4, -0.2) is 399 Å². The Labute approximate surface area is 668 Å². The molecule has 40 nitrogen and oxygen atoms in total. The summed E-state index contributed by atoms with van der Waals surface area (Å²) in [6, 6.07) is -1.64. The maximum atomic E-state index is 16.2. The molecule has 0 radical (unpaired) electrons. The summed E-state index contributed by atoms with van der Waals surface area (Å²) in [6.07, 6.45) is -52.3. The van der Waals surface area contributed by atoms with Crippen LogP contribution in [0.4, 0.5) is 0 Å². The summed E-state index contributed by atoms with van der Waals surface area (Å²) in [4.78, 5) is 44.4. The predicted octanol–water partition coefficient (Wildman–Crippen LogP) is -8.44. The average molecular weight is 1670 g/mol. The summed E-state index contributed by atoms with van der Waals surface area (Å²) in [5.74, 6) is -3.22. The number of rotatable bonds is 23. The second kappa shape index (κ2) is 34.8. The van der Waals surface area contributed by atoms with Crippen LogP contribution in [0, 0.1) is 50.2 Å². The van der Waals surface area contributed by atoms with Gasteiger partial charge in [-0.15, -0.1) is 0 Å². The first kappa shape index (κ1) is 90.7. The molecule has 1 amide bonds. The minimum Gasteiger partial charge on any atom is -0.432 e. The van der Waals surface area contributed by atoms with E-state index in [1.807, 2.05) is 0 Å². The zero-order valence-electron chi connectivity index (χ0n) is 65.8. The number of aldehydes is 1. The van der Waals surface area contributed by atoms with E-state index in [2.05, 4.69) is 46.0 Å². The van der Waals surface area contributed by atoms with Gasteiger partial charge >= 0.3 is 5.97 Å². The van der Waals surface area contributed by atoms with Crippen molar-refractivity contribution in [2.24, 2.45) is 50.2 Å². The highest BCUT2D eigenvalue weighted by molar-refractivity contribution is 5.80. The number of hydrogen-bond acceptors (Lipinski definition) is 39. The highest BCUT2D eigenvalue weighted by atomic mass is 16.8. The molecule has 19 unspecified atom stereocenters. The van der Waals surface area contributed by atoms with Crippen LogP contribution in [0.1, 0.15) is 119 Å². The van der Waals surface area contributed by atoms with Crippen LogP contribution in [0.3, 0.4) is 0 Å². The third-order valence-electron chi connectivity index (χ3n) is 28.9. The number of fused-ring (bicyclic) bond motifs is 7. The van der Waals surface area contributed by atoms with Gasteiger partial charge in [0.2, 0.25) is 12.2 Å². The maximum Gasteiger partial charge on any atom is 0.317 e. The van der Waals surface area contributed by atoms with E-state index in [1.165, 1.54) is 6.92 Å². The Balaban J connectivity index is 0.756. The van der Waals surface area contributed by atoms with Crippen molar-refractivity contribution in [2.45, 2.75) is 340 Å². The summed E-state index contributed by atoms with van der Waals surface area (Å²) in [5, 5.41) is 234. The zero-order valence-corrected chi connectivity index (χ0v) is 65.8. The van der Waals surface area contributed by atoms with Crippen molar-refractivity contribution >= 4 is 18.2 Å². The normalized spacial score (nSPS) is 53.5. The van der Waals surface area contributed by atoms with E-state index in [0.29, 0.717) is 38.5 Å². The minimum atomic E-state index is -2.16. The summed E-state index contributed by atoms with van der Waals surface area (Å²) in [7, 11) is 0. The molecule has 44 atom stereocenters. The molecule has 8 aliphatic heterocycles.